The third kappa shape index (κ3) is 6.39. The lowest BCUT2D eigenvalue weighted by molar-refractivity contribution is -0.121. The molecule has 0 saturated carbocycles. The van der Waals surface area contributed by atoms with Crippen molar-refractivity contribution in [3.63, 3.8) is 0 Å². The summed E-state index contributed by atoms with van der Waals surface area (Å²) in [5, 5.41) is 2.61. The van der Waals surface area contributed by atoms with Gasteiger partial charge in [0.15, 0.2) is 0 Å². The highest BCUT2D eigenvalue weighted by molar-refractivity contribution is 7.89. The van der Waals surface area contributed by atoms with E-state index in [1.807, 2.05) is 0 Å². The number of hydrogen-bond acceptors (Lipinski definition) is 6. The zero-order valence-electron chi connectivity index (χ0n) is 16.7. The topological polar surface area (TPSA) is 94.6 Å². The Balaban J connectivity index is 1.66. The minimum atomic E-state index is -4.69. The number of anilines is 2. The summed E-state index contributed by atoms with van der Waals surface area (Å²) in [5.74, 6) is 0.178. The number of sulfonamides is 1. The van der Waals surface area contributed by atoms with Gasteiger partial charge >= 0.3 is 6.18 Å². The van der Waals surface area contributed by atoms with Crippen LogP contribution in [-0.2, 0) is 10.0 Å². The molecule has 1 aromatic carbocycles. The minimum Gasteiger partial charge on any atom is -0.354 e. The molecular formula is C19H22F3N5O3S. The van der Waals surface area contributed by atoms with Gasteiger partial charge in [-0.2, -0.15) is 13.2 Å². The molecule has 2 N–H and O–H groups in total. The van der Waals surface area contributed by atoms with Gasteiger partial charge in [-0.05, 0) is 37.4 Å². The Kier molecular flexibility index (Phi) is 6.82. The van der Waals surface area contributed by atoms with Gasteiger partial charge in [-0.25, -0.2) is 18.1 Å². The van der Waals surface area contributed by atoms with Gasteiger partial charge in [-0.1, -0.05) is 6.07 Å². The number of nitrogens with zero attached hydrogens (tertiary/aromatic N) is 3. The molecule has 0 atom stereocenters. The number of alkyl halides is 3. The van der Waals surface area contributed by atoms with Crippen molar-refractivity contribution in [1.29, 1.82) is 0 Å². The quantitative estimate of drug-likeness (QED) is 0.689. The van der Waals surface area contributed by atoms with Crippen LogP contribution in [0.2, 0.25) is 0 Å². The van der Waals surface area contributed by atoms with E-state index in [9.17, 15) is 26.4 Å². The van der Waals surface area contributed by atoms with Crippen LogP contribution in [0.15, 0.2) is 47.5 Å². The zero-order valence-corrected chi connectivity index (χ0v) is 17.5. The van der Waals surface area contributed by atoms with E-state index in [2.05, 4.69) is 27.1 Å². The zero-order chi connectivity index (χ0) is 22.6. The number of hydrogen-bond donors (Lipinski definition) is 2. The molecule has 1 aliphatic heterocycles. The second-order valence-electron chi connectivity index (χ2n) is 7.12. The Morgan fingerprint density at radius 2 is 1.84 bits per heavy atom. The maximum atomic E-state index is 12.5. The maximum Gasteiger partial charge on any atom is 0.402 e. The minimum absolute atomic E-state index is 0.0157. The Labute approximate surface area is 178 Å². The first-order valence-corrected chi connectivity index (χ1v) is 10.9. The number of rotatable bonds is 6. The molecule has 0 bridgehead atoms. The standard InChI is InChI=1S/C19H22F3N5O3S/c1-26-7-9-27(10-8-26)17-6-5-15(12-23-17)25-18(28)14-3-2-4-16(11-14)31(29,30)24-13-19(20,21)22/h2-6,11-12,24H,7-10,13H2,1H3,(H,25,28). The number of nitrogens with one attached hydrogen (secondary N) is 2. The summed E-state index contributed by atoms with van der Waals surface area (Å²) >= 11 is 0. The summed E-state index contributed by atoms with van der Waals surface area (Å²) in [4.78, 5) is 20.8. The van der Waals surface area contributed by atoms with Gasteiger partial charge < -0.3 is 15.1 Å². The van der Waals surface area contributed by atoms with Crippen molar-refractivity contribution in [2.75, 3.05) is 50.0 Å². The molecule has 0 radical (unpaired) electrons. The van der Waals surface area contributed by atoms with Gasteiger partial charge in [-0.3, -0.25) is 4.79 Å². The smallest absolute Gasteiger partial charge is 0.354 e. The van der Waals surface area contributed by atoms with E-state index in [4.69, 9.17) is 0 Å². The number of carbonyl (C=O) groups excluding carboxylic acids is 1. The molecule has 8 nitrogen and oxygen atoms in total. The normalized spacial score (nSPS) is 15.7. The molecule has 2 heterocycles. The van der Waals surface area contributed by atoms with E-state index in [1.165, 1.54) is 23.1 Å². The molecule has 1 aromatic heterocycles. The molecule has 0 unspecified atom stereocenters. The molecular weight excluding hydrogens is 435 g/mol. The highest BCUT2D eigenvalue weighted by Crippen LogP contribution is 2.19. The fourth-order valence-corrected chi connectivity index (χ4v) is 4.01. The summed E-state index contributed by atoms with van der Waals surface area (Å²) < 4.78 is 62.5. The van der Waals surface area contributed by atoms with E-state index in [1.54, 1.807) is 12.1 Å². The van der Waals surface area contributed by atoms with Crippen LogP contribution >= 0.6 is 0 Å². The molecule has 0 spiro atoms. The highest BCUT2D eigenvalue weighted by Gasteiger charge is 2.30. The lowest BCUT2D eigenvalue weighted by Crippen LogP contribution is -2.44. The van der Waals surface area contributed by atoms with Gasteiger partial charge in [0.25, 0.3) is 5.91 Å². The number of likely N-dealkylation sites (N-methyl/N-ethyl adjacent to an activating group) is 1. The summed E-state index contributed by atoms with van der Waals surface area (Å²) in [6.07, 6.45) is -3.19. The summed E-state index contributed by atoms with van der Waals surface area (Å²) in [6, 6.07) is 8.24. The molecule has 1 fully saturated rings. The first kappa shape index (κ1) is 23.0. The lowest BCUT2D eigenvalue weighted by Gasteiger charge is -2.33. The number of benzene rings is 1. The largest absolute Gasteiger partial charge is 0.402 e. The van der Waals surface area contributed by atoms with Crippen molar-refractivity contribution < 1.29 is 26.4 Å². The van der Waals surface area contributed by atoms with Crippen molar-refractivity contribution in [3.05, 3.63) is 48.2 Å². The SMILES string of the molecule is CN1CCN(c2ccc(NC(=O)c3cccc(S(=O)(=O)NCC(F)(F)F)c3)cn2)CC1. The molecule has 3 rings (SSSR count). The average Bonchev–Trinajstić information content (AvgIpc) is 2.73. The van der Waals surface area contributed by atoms with Crippen LogP contribution in [0.3, 0.4) is 0 Å². The van der Waals surface area contributed by atoms with Gasteiger partial charge in [0.1, 0.15) is 12.4 Å². The number of pyridine rings is 1. The molecule has 2 aromatic rings. The van der Waals surface area contributed by atoms with Crippen molar-refractivity contribution >= 4 is 27.4 Å². The fraction of sp³-hybridized carbons (Fsp3) is 0.368. The first-order valence-electron chi connectivity index (χ1n) is 9.41. The van der Waals surface area contributed by atoms with Crippen LogP contribution in [-0.4, -0.2) is 70.2 Å². The third-order valence-electron chi connectivity index (χ3n) is 4.70. The Morgan fingerprint density at radius 3 is 2.45 bits per heavy atom. The van der Waals surface area contributed by atoms with E-state index in [0.717, 1.165) is 44.1 Å². The van der Waals surface area contributed by atoms with Crippen molar-refractivity contribution in [2.45, 2.75) is 11.1 Å². The van der Waals surface area contributed by atoms with Crippen LogP contribution < -0.4 is 14.9 Å². The lowest BCUT2D eigenvalue weighted by atomic mass is 10.2. The molecule has 1 saturated heterocycles. The molecule has 1 amide bonds. The van der Waals surface area contributed by atoms with Crippen LogP contribution in [0.1, 0.15) is 10.4 Å². The van der Waals surface area contributed by atoms with Gasteiger partial charge in [0.2, 0.25) is 10.0 Å². The van der Waals surface area contributed by atoms with Crippen molar-refractivity contribution in [2.24, 2.45) is 0 Å². The highest BCUT2D eigenvalue weighted by atomic mass is 32.2. The molecule has 168 valence electrons. The Hall–Kier alpha value is -2.70. The predicted octanol–water partition coefficient (Wildman–Crippen LogP) is 1.93. The molecule has 1 aliphatic rings. The second-order valence-corrected chi connectivity index (χ2v) is 8.88. The van der Waals surface area contributed by atoms with Gasteiger partial charge in [0, 0.05) is 31.7 Å². The van der Waals surface area contributed by atoms with E-state index >= 15 is 0 Å². The van der Waals surface area contributed by atoms with Crippen LogP contribution in [0.4, 0.5) is 24.7 Å². The molecule has 0 aliphatic carbocycles. The number of halogens is 3. The van der Waals surface area contributed by atoms with Crippen LogP contribution in [0.5, 0.6) is 0 Å². The van der Waals surface area contributed by atoms with Crippen LogP contribution in [0.25, 0.3) is 0 Å². The number of carbonyl (C=O) groups is 1. The maximum absolute atomic E-state index is 12.5. The van der Waals surface area contributed by atoms with Crippen molar-refractivity contribution in [1.82, 2.24) is 14.6 Å². The second kappa shape index (κ2) is 9.20. The number of amides is 1. The van der Waals surface area contributed by atoms with Gasteiger partial charge in [-0.15, -0.1) is 0 Å². The fourth-order valence-electron chi connectivity index (χ4n) is 2.95. The summed E-state index contributed by atoms with van der Waals surface area (Å²) in [6.45, 7) is 1.85. The molecule has 12 heteroatoms. The Bertz CT molecular complexity index is 1020. The third-order valence-corrected chi connectivity index (χ3v) is 6.10. The van der Waals surface area contributed by atoms with E-state index in [-0.39, 0.29) is 5.56 Å². The average molecular weight is 457 g/mol. The monoisotopic (exact) mass is 457 g/mol. The van der Waals surface area contributed by atoms with E-state index in [0.29, 0.717) is 5.69 Å². The number of piperazine rings is 1. The predicted molar refractivity (Wildman–Crippen MR) is 110 cm³/mol. The van der Waals surface area contributed by atoms with Crippen LogP contribution in [0, 0.1) is 0 Å². The summed E-state index contributed by atoms with van der Waals surface area (Å²) in [5.41, 5.74) is 0.393. The van der Waals surface area contributed by atoms with Gasteiger partial charge in [0.05, 0.1) is 16.8 Å². The first-order chi connectivity index (χ1) is 14.5. The van der Waals surface area contributed by atoms with E-state index < -0.39 is 33.5 Å². The number of aromatic nitrogens is 1. The van der Waals surface area contributed by atoms with Crippen molar-refractivity contribution in [3.8, 4) is 0 Å². The molecule has 31 heavy (non-hydrogen) atoms. The Morgan fingerprint density at radius 1 is 1.13 bits per heavy atom. The summed E-state index contributed by atoms with van der Waals surface area (Å²) in [7, 11) is -2.36.